The van der Waals surface area contributed by atoms with Crippen LogP contribution >= 0.6 is 11.3 Å². The Labute approximate surface area is 172 Å². The zero-order valence-electron chi connectivity index (χ0n) is 16.4. The molecule has 2 heterocycles. The zero-order chi connectivity index (χ0) is 21.0. The fourth-order valence-corrected chi connectivity index (χ4v) is 3.93. The van der Waals surface area contributed by atoms with Crippen molar-refractivity contribution in [1.82, 2.24) is 0 Å². The van der Waals surface area contributed by atoms with Gasteiger partial charge in [0.2, 0.25) is 6.54 Å². The Morgan fingerprint density at radius 3 is 2.24 bits per heavy atom. The molecule has 3 aromatic rings. The molecule has 0 aliphatic rings. The highest BCUT2D eigenvalue weighted by atomic mass is 32.1. The van der Waals surface area contributed by atoms with Crippen LogP contribution in [0.1, 0.15) is 36.7 Å². The Morgan fingerprint density at radius 1 is 1.00 bits per heavy atom. The molecule has 148 valence electrons. The van der Waals surface area contributed by atoms with Crippen LogP contribution < -0.4 is 9.88 Å². The SMILES string of the molecule is COC(=O)c1c(NC(=O)C[n+]2ccc(C(=O)c3ccccc3)cc2)sc(C)c1C. The van der Waals surface area contributed by atoms with Gasteiger partial charge in [-0.2, -0.15) is 4.57 Å². The van der Waals surface area contributed by atoms with E-state index in [9.17, 15) is 14.4 Å². The minimum atomic E-state index is -0.474. The minimum Gasteiger partial charge on any atom is -0.465 e. The quantitative estimate of drug-likeness (QED) is 0.385. The number of pyridine rings is 1. The number of ketones is 1. The monoisotopic (exact) mass is 409 g/mol. The minimum absolute atomic E-state index is 0.0520. The summed E-state index contributed by atoms with van der Waals surface area (Å²) < 4.78 is 6.49. The van der Waals surface area contributed by atoms with Crippen LogP contribution in [0.15, 0.2) is 54.9 Å². The van der Waals surface area contributed by atoms with Crippen LogP contribution in [-0.2, 0) is 16.1 Å². The van der Waals surface area contributed by atoms with Gasteiger partial charge in [-0.15, -0.1) is 11.3 Å². The highest BCUT2D eigenvalue weighted by Crippen LogP contribution is 2.32. The maximum atomic E-state index is 12.5. The number of aromatic nitrogens is 1. The van der Waals surface area contributed by atoms with Gasteiger partial charge in [0.05, 0.1) is 12.7 Å². The lowest BCUT2D eigenvalue weighted by molar-refractivity contribution is -0.684. The Hall–Kier alpha value is -3.32. The van der Waals surface area contributed by atoms with Crippen LogP contribution in [-0.4, -0.2) is 24.8 Å². The van der Waals surface area contributed by atoms with Crippen molar-refractivity contribution in [2.45, 2.75) is 20.4 Å². The normalized spacial score (nSPS) is 10.4. The van der Waals surface area contributed by atoms with Crippen LogP contribution in [0.2, 0.25) is 0 Å². The van der Waals surface area contributed by atoms with E-state index in [1.807, 2.05) is 32.0 Å². The van der Waals surface area contributed by atoms with Crippen molar-refractivity contribution < 1.29 is 23.7 Å². The van der Waals surface area contributed by atoms with Gasteiger partial charge < -0.3 is 10.1 Å². The summed E-state index contributed by atoms with van der Waals surface area (Å²) in [5.74, 6) is -0.823. The summed E-state index contributed by atoms with van der Waals surface area (Å²) in [5, 5.41) is 3.27. The Balaban J connectivity index is 1.70. The Morgan fingerprint density at radius 2 is 1.62 bits per heavy atom. The van der Waals surface area contributed by atoms with Crippen molar-refractivity contribution in [2.24, 2.45) is 0 Å². The molecule has 1 aromatic carbocycles. The number of methoxy groups -OCH3 is 1. The maximum absolute atomic E-state index is 12.5. The van der Waals surface area contributed by atoms with E-state index in [1.54, 1.807) is 41.2 Å². The lowest BCUT2D eigenvalue weighted by Crippen LogP contribution is -2.39. The number of carbonyl (C=O) groups is 3. The largest absolute Gasteiger partial charge is 0.465 e. The van der Waals surface area contributed by atoms with Crippen molar-refractivity contribution in [1.29, 1.82) is 0 Å². The lowest BCUT2D eigenvalue weighted by atomic mass is 10.0. The number of anilines is 1. The molecule has 0 unspecified atom stereocenters. The standard InChI is InChI=1S/C22H20N2O4S/c1-14-15(2)29-21(19(14)22(27)28-3)23-18(25)13-24-11-9-17(10-12-24)20(26)16-7-5-4-6-8-16/h4-12H,13H2,1-3H3/p+1. The van der Waals surface area contributed by atoms with Crippen molar-refractivity contribution >= 4 is 34.0 Å². The third-order valence-corrected chi connectivity index (χ3v) is 5.67. The molecule has 2 aromatic heterocycles. The molecule has 0 radical (unpaired) electrons. The first-order valence-corrected chi connectivity index (χ1v) is 9.79. The van der Waals surface area contributed by atoms with E-state index in [-0.39, 0.29) is 18.2 Å². The van der Waals surface area contributed by atoms with E-state index in [0.717, 1.165) is 10.4 Å². The molecule has 29 heavy (non-hydrogen) atoms. The van der Waals surface area contributed by atoms with Gasteiger partial charge in [-0.3, -0.25) is 9.59 Å². The van der Waals surface area contributed by atoms with Crippen LogP contribution in [0.3, 0.4) is 0 Å². The molecular formula is C22H21N2O4S+. The number of nitrogens with zero attached hydrogens (tertiary/aromatic N) is 1. The molecule has 0 saturated carbocycles. The van der Waals surface area contributed by atoms with Crippen LogP contribution in [0.4, 0.5) is 5.00 Å². The maximum Gasteiger partial charge on any atom is 0.341 e. The molecule has 1 amide bonds. The molecule has 0 atom stereocenters. The summed E-state index contributed by atoms with van der Waals surface area (Å²) in [7, 11) is 1.31. The topological polar surface area (TPSA) is 76.3 Å². The summed E-state index contributed by atoms with van der Waals surface area (Å²) in [4.78, 5) is 37.9. The number of amides is 1. The highest BCUT2D eigenvalue weighted by molar-refractivity contribution is 7.16. The average Bonchev–Trinajstić information content (AvgIpc) is 3.01. The van der Waals surface area contributed by atoms with Crippen molar-refractivity contribution in [2.75, 3.05) is 12.4 Å². The molecule has 0 fully saturated rings. The second-order valence-electron chi connectivity index (χ2n) is 6.48. The van der Waals surface area contributed by atoms with Gasteiger partial charge in [0, 0.05) is 28.1 Å². The first-order chi connectivity index (χ1) is 13.9. The van der Waals surface area contributed by atoms with Crippen molar-refractivity contribution in [3.63, 3.8) is 0 Å². The summed E-state index contributed by atoms with van der Waals surface area (Å²) in [6, 6.07) is 12.4. The van der Waals surface area contributed by atoms with Gasteiger partial charge in [-0.05, 0) is 19.4 Å². The van der Waals surface area contributed by atoms with Crippen LogP contribution in [0.25, 0.3) is 0 Å². The number of hydrogen-bond donors (Lipinski definition) is 1. The van der Waals surface area contributed by atoms with E-state index in [4.69, 9.17) is 4.74 Å². The molecule has 7 heteroatoms. The first-order valence-electron chi connectivity index (χ1n) is 8.97. The van der Waals surface area contributed by atoms with Gasteiger partial charge >= 0.3 is 5.97 Å². The molecular weight excluding hydrogens is 388 g/mol. The fraction of sp³-hybridized carbons (Fsp3) is 0.182. The van der Waals surface area contributed by atoms with Gasteiger partial charge in [-0.25, -0.2) is 4.79 Å². The summed E-state index contributed by atoms with van der Waals surface area (Å²) in [5.41, 5.74) is 2.35. The van der Waals surface area contributed by atoms with Crippen LogP contribution in [0.5, 0.6) is 0 Å². The predicted octanol–water partition coefficient (Wildman–Crippen LogP) is 3.31. The molecule has 0 aliphatic carbocycles. The fourth-order valence-electron chi connectivity index (χ4n) is 2.87. The number of thiophene rings is 1. The van der Waals surface area contributed by atoms with Gasteiger partial charge in [-0.1, -0.05) is 30.3 Å². The Kier molecular flexibility index (Phi) is 6.19. The van der Waals surface area contributed by atoms with E-state index >= 15 is 0 Å². The molecule has 3 rings (SSSR count). The summed E-state index contributed by atoms with van der Waals surface area (Å²) in [6.45, 7) is 3.76. The number of ether oxygens (including phenoxy) is 1. The van der Waals surface area contributed by atoms with Crippen molar-refractivity contribution in [3.8, 4) is 0 Å². The number of aryl methyl sites for hydroxylation is 1. The number of hydrogen-bond acceptors (Lipinski definition) is 5. The average molecular weight is 409 g/mol. The third-order valence-electron chi connectivity index (χ3n) is 4.54. The number of nitrogens with one attached hydrogen (secondary N) is 1. The molecule has 0 bridgehead atoms. The third kappa shape index (κ3) is 4.57. The lowest BCUT2D eigenvalue weighted by Gasteiger charge is -2.05. The van der Waals surface area contributed by atoms with E-state index < -0.39 is 5.97 Å². The summed E-state index contributed by atoms with van der Waals surface area (Å²) in [6.07, 6.45) is 3.36. The number of rotatable bonds is 6. The number of benzene rings is 1. The smallest absolute Gasteiger partial charge is 0.341 e. The van der Waals surface area contributed by atoms with Crippen molar-refractivity contribution in [3.05, 3.63) is 82.0 Å². The second kappa shape index (κ2) is 8.79. The number of esters is 1. The van der Waals surface area contributed by atoms with E-state index in [0.29, 0.717) is 21.7 Å². The Bertz CT molecular complexity index is 1060. The highest BCUT2D eigenvalue weighted by Gasteiger charge is 2.22. The van der Waals surface area contributed by atoms with Gasteiger partial charge in [0.25, 0.3) is 5.91 Å². The second-order valence-corrected chi connectivity index (χ2v) is 7.71. The molecule has 6 nitrogen and oxygen atoms in total. The van der Waals surface area contributed by atoms with E-state index in [1.165, 1.54) is 18.4 Å². The number of carbonyl (C=O) groups excluding carboxylic acids is 3. The van der Waals surface area contributed by atoms with Gasteiger partial charge in [0.15, 0.2) is 18.2 Å². The molecule has 1 N–H and O–H groups in total. The zero-order valence-corrected chi connectivity index (χ0v) is 17.2. The first kappa shape index (κ1) is 20.4. The predicted molar refractivity (Wildman–Crippen MR) is 110 cm³/mol. The molecule has 0 spiro atoms. The molecule has 0 aliphatic heterocycles. The molecule has 0 saturated heterocycles. The van der Waals surface area contributed by atoms with Gasteiger partial charge in [0.1, 0.15) is 5.00 Å². The van der Waals surface area contributed by atoms with Crippen LogP contribution in [0, 0.1) is 13.8 Å². The summed E-state index contributed by atoms with van der Waals surface area (Å²) >= 11 is 1.34. The van der Waals surface area contributed by atoms with E-state index in [2.05, 4.69) is 5.32 Å².